The molecule has 114 valence electrons. The summed E-state index contributed by atoms with van der Waals surface area (Å²) in [4.78, 5) is 12.3. The Morgan fingerprint density at radius 2 is 2.05 bits per heavy atom. The van der Waals surface area contributed by atoms with Crippen molar-refractivity contribution in [3.63, 3.8) is 0 Å². The Morgan fingerprint density at radius 3 is 2.67 bits per heavy atom. The smallest absolute Gasteiger partial charge is 0.244 e. The summed E-state index contributed by atoms with van der Waals surface area (Å²) in [6.45, 7) is 0. The third-order valence-electron chi connectivity index (χ3n) is 3.37. The average molecular weight is 352 g/mol. The number of hydrogen-bond acceptors (Lipinski definition) is 5. The molecule has 0 aromatic heterocycles. The summed E-state index contributed by atoms with van der Waals surface area (Å²) in [5.74, 6) is -0.261. The number of carbonyl (C=O) groups is 1. The Balaban J connectivity index is 2.33. The Morgan fingerprint density at radius 1 is 1.38 bits per heavy atom. The van der Waals surface area contributed by atoms with Gasteiger partial charge in [0.2, 0.25) is 26.0 Å². The van der Waals surface area contributed by atoms with E-state index in [-0.39, 0.29) is 27.9 Å². The van der Waals surface area contributed by atoms with Gasteiger partial charge in [0.25, 0.3) is 0 Å². The number of rotatable bonds is 1. The maximum absolute atomic E-state index is 12.2. The molecule has 1 saturated heterocycles. The number of benzene rings is 1. The van der Waals surface area contributed by atoms with Crippen molar-refractivity contribution in [3.8, 4) is 0 Å². The van der Waals surface area contributed by atoms with Gasteiger partial charge in [0, 0.05) is 6.42 Å². The second-order valence-electron chi connectivity index (χ2n) is 4.73. The lowest BCUT2D eigenvalue weighted by atomic mass is 10.2. The molecule has 1 aromatic rings. The second-order valence-corrected chi connectivity index (χ2v) is 8.35. The molecular formula is C10H10ClN3O5S2. The van der Waals surface area contributed by atoms with Crippen LogP contribution in [0.5, 0.6) is 0 Å². The number of amides is 1. The molecule has 1 amide bonds. The van der Waals surface area contributed by atoms with Gasteiger partial charge in [0.15, 0.2) is 0 Å². The van der Waals surface area contributed by atoms with Gasteiger partial charge >= 0.3 is 0 Å². The second kappa shape index (κ2) is 4.40. The molecule has 3 rings (SSSR count). The number of sulfonamides is 2. The van der Waals surface area contributed by atoms with Crippen molar-refractivity contribution in [2.75, 3.05) is 4.90 Å². The topological polar surface area (TPSA) is 127 Å². The fourth-order valence-corrected chi connectivity index (χ4v) is 5.07. The highest BCUT2D eigenvalue weighted by atomic mass is 35.5. The number of anilines is 1. The van der Waals surface area contributed by atoms with Crippen LogP contribution >= 0.6 is 11.6 Å². The maximum atomic E-state index is 12.2. The first-order chi connectivity index (χ1) is 9.61. The van der Waals surface area contributed by atoms with Crippen molar-refractivity contribution in [1.82, 2.24) is 4.72 Å². The highest BCUT2D eigenvalue weighted by molar-refractivity contribution is 7.90. The summed E-state index contributed by atoms with van der Waals surface area (Å²) in [5, 5.41) is 4.78. The standard InChI is InChI=1S/C10H10ClN3O5S2/c11-5-3-6-8(4-7(5)20(12,16)17)21(18,19)13-9-1-2-10(15)14(6)9/h3-4,9,13H,1-2H2,(H2,12,16,17). The van der Waals surface area contributed by atoms with E-state index in [0.29, 0.717) is 6.42 Å². The van der Waals surface area contributed by atoms with Crippen LogP contribution in [-0.4, -0.2) is 28.9 Å². The molecule has 8 nitrogen and oxygen atoms in total. The van der Waals surface area contributed by atoms with Crippen LogP contribution in [-0.2, 0) is 24.8 Å². The molecule has 0 radical (unpaired) electrons. The molecule has 1 unspecified atom stereocenters. The van der Waals surface area contributed by atoms with Crippen LogP contribution < -0.4 is 14.8 Å². The maximum Gasteiger partial charge on any atom is 0.244 e. The van der Waals surface area contributed by atoms with Crippen molar-refractivity contribution in [1.29, 1.82) is 0 Å². The van der Waals surface area contributed by atoms with E-state index in [0.717, 1.165) is 12.1 Å². The number of carbonyl (C=O) groups excluding carboxylic acids is 1. The third-order valence-corrected chi connectivity index (χ3v) is 6.24. The molecule has 1 aromatic carbocycles. The molecular weight excluding hydrogens is 342 g/mol. The minimum absolute atomic E-state index is 0.0682. The normalized spacial score (nSPS) is 23.8. The summed E-state index contributed by atoms with van der Waals surface area (Å²) >= 11 is 5.86. The van der Waals surface area contributed by atoms with E-state index in [1.165, 1.54) is 4.90 Å². The molecule has 2 aliphatic rings. The summed E-state index contributed by atoms with van der Waals surface area (Å²) in [6, 6.07) is 2.02. The average Bonchev–Trinajstić information content (AvgIpc) is 2.67. The van der Waals surface area contributed by atoms with Crippen LogP contribution in [0.15, 0.2) is 21.9 Å². The van der Waals surface area contributed by atoms with Gasteiger partial charge in [-0.2, -0.15) is 4.72 Å². The van der Waals surface area contributed by atoms with Crippen molar-refractivity contribution in [3.05, 3.63) is 17.2 Å². The predicted octanol–water partition coefficient (Wildman–Crippen LogP) is -0.268. The molecule has 0 saturated carbocycles. The molecule has 11 heteroatoms. The van der Waals surface area contributed by atoms with Gasteiger partial charge in [-0.15, -0.1) is 0 Å². The zero-order chi connectivity index (χ0) is 15.6. The van der Waals surface area contributed by atoms with Crippen molar-refractivity contribution < 1.29 is 21.6 Å². The molecule has 0 bridgehead atoms. The highest BCUT2D eigenvalue weighted by Crippen LogP contribution is 2.39. The first-order valence-electron chi connectivity index (χ1n) is 5.82. The van der Waals surface area contributed by atoms with Gasteiger partial charge < -0.3 is 0 Å². The van der Waals surface area contributed by atoms with Crippen molar-refractivity contribution in [2.45, 2.75) is 28.8 Å². The summed E-state index contributed by atoms with van der Waals surface area (Å²) in [7, 11) is -8.12. The minimum Gasteiger partial charge on any atom is -0.294 e. The molecule has 2 aliphatic heterocycles. The van der Waals surface area contributed by atoms with Crippen LogP contribution in [0.2, 0.25) is 5.02 Å². The number of hydrogen-bond donors (Lipinski definition) is 2. The lowest BCUT2D eigenvalue weighted by Gasteiger charge is -2.32. The van der Waals surface area contributed by atoms with E-state index in [1.54, 1.807) is 0 Å². The predicted molar refractivity (Wildman–Crippen MR) is 73.7 cm³/mol. The van der Waals surface area contributed by atoms with Crippen LogP contribution in [0.4, 0.5) is 5.69 Å². The zero-order valence-corrected chi connectivity index (χ0v) is 12.8. The van der Waals surface area contributed by atoms with E-state index in [4.69, 9.17) is 16.7 Å². The van der Waals surface area contributed by atoms with Crippen LogP contribution in [0.1, 0.15) is 12.8 Å². The van der Waals surface area contributed by atoms with Crippen molar-refractivity contribution in [2.24, 2.45) is 5.14 Å². The number of nitrogens with two attached hydrogens (primary N) is 1. The van der Waals surface area contributed by atoms with Crippen molar-refractivity contribution >= 4 is 43.2 Å². The molecule has 0 spiro atoms. The minimum atomic E-state index is -4.18. The number of fused-ring (bicyclic) bond motifs is 3. The molecule has 1 fully saturated rings. The SMILES string of the molecule is NS(=O)(=O)c1cc2c(cc1Cl)N1C(=O)CCC1NS2(=O)=O. The molecule has 21 heavy (non-hydrogen) atoms. The van der Waals surface area contributed by atoms with Gasteiger partial charge in [0.1, 0.15) is 16.0 Å². The van der Waals surface area contributed by atoms with Gasteiger partial charge in [-0.05, 0) is 18.6 Å². The number of primary sulfonamides is 1. The molecule has 2 heterocycles. The Hall–Kier alpha value is -1.20. The molecule has 1 atom stereocenters. The van der Waals surface area contributed by atoms with E-state index in [2.05, 4.69) is 4.72 Å². The Labute approximate surface area is 126 Å². The van der Waals surface area contributed by atoms with E-state index < -0.39 is 31.1 Å². The fraction of sp³-hybridized carbons (Fsp3) is 0.300. The van der Waals surface area contributed by atoms with E-state index in [1.807, 2.05) is 0 Å². The fourth-order valence-electron chi connectivity index (χ4n) is 2.49. The molecule has 0 aliphatic carbocycles. The largest absolute Gasteiger partial charge is 0.294 e. The third kappa shape index (κ3) is 2.23. The van der Waals surface area contributed by atoms with Crippen LogP contribution in [0.3, 0.4) is 0 Å². The summed E-state index contributed by atoms with van der Waals surface area (Å²) in [6.07, 6.45) is -0.140. The van der Waals surface area contributed by atoms with Gasteiger partial charge in [-0.25, -0.2) is 22.0 Å². The summed E-state index contributed by atoms with van der Waals surface area (Å²) < 4.78 is 49.6. The quantitative estimate of drug-likeness (QED) is 0.720. The number of nitrogens with one attached hydrogen (secondary N) is 1. The van der Waals surface area contributed by atoms with Crippen LogP contribution in [0.25, 0.3) is 0 Å². The van der Waals surface area contributed by atoms with E-state index in [9.17, 15) is 21.6 Å². The molecule has 3 N–H and O–H groups in total. The monoisotopic (exact) mass is 351 g/mol. The lowest BCUT2D eigenvalue weighted by molar-refractivity contribution is -0.117. The Kier molecular flexibility index (Phi) is 3.08. The Bertz CT molecular complexity index is 865. The number of halogens is 1. The zero-order valence-electron chi connectivity index (χ0n) is 10.4. The van der Waals surface area contributed by atoms with Gasteiger partial charge in [-0.1, -0.05) is 11.6 Å². The van der Waals surface area contributed by atoms with Gasteiger partial charge in [0.05, 0.1) is 10.7 Å². The summed E-state index contributed by atoms with van der Waals surface area (Å²) in [5.41, 5.74) is 0.0682. The first kappa shape index (κ1) is 14.7. The van der Waals surface area contributed by atoms with E-state index >= 15 is 0 Å². The first-order valence-corrected chi connectivity index (χ1v) is 9.23. The number of nitrogens with zero attached hydrogens (tertiary/aromatic N) is 1. The lowest BCUT2D eigenvalue weighted by Crippen LogP contribution is -2.50. The van der Waals surface area contributed by atoms with Gasteiger partial charge in [-0.3, -0.25) is 9.69 Å². The highest BCUT2D eigenvalue weighted by Gasteiger charge is 2.43. The van der Waals surface area contributed by atoms with Crippen LogP contribution in [0, 0.1) is 0 Å².